The summed E-state index contributed by atoms with van der Waals surface area (Å²) >= 11 is 0. The van der Waals surface area contributed by atoms with Crippen molar-refractivity contribution in [3.63, 3.8) is 0 Å². The van der Waals surface area contributed by atoms with Crippen LogP contribution in [0.15, 0.2) is 10.9 Å². The minimum Gasteiger partial charge on any atom is -0.343 e. The van der Waals surface area contributed by atoms with Gasteiger partial charge in [-0.2, -0.15) is 4.98 Å². The molecule has 0 aliphatic heterocycles. The molecule has 0 fully saturated rings. The Bertz CT molecular complexity index is 225. The van der Waals surface area contributed by atoms with Gasteiger partial charge >= 0.3 is 0 Å². The van der Waals surface area contributed by atoms with E-state index < -0.39 is 0 Å². The Balaban J connectivity index is 2.56. The third-order valence-corrected chi connectivity index (χ3v) is 1.54. The van der Waals surface area contributed by atoms with Crippen LogP contribution < -0.4 is 5.73 Å². The van der Waals surface area contributed by atoms with Gasteiger partial charge in [0.25, 0.3) is 0 Å². The van der Waals surface area contributed by atoms with Gasteiger partial charge in [-0.05, 0) is 11.8 Å². The van der Waals surface area contributed by atoms with Gasteiger partial charge in [0.15, 0.2) is 5.82 Å². The highest BCUT2D eigenvalue weighted by atomic mass is 16.5. The molecule has 0 aliphatic carbocycles. The lowest BCUT2D eigenvalue weighted by molar-refractivity contribution is 0.328. The first-order chi connectivity index (χ1) is 5.49. The number of nitrogens with two attached hydrogens (primary N) is 1. The van der Waals surface area contributed by atoms with Crippen LogP contribution in [0, 0.1) is 5.41 Å². The van der Waals surface area contributed by atoms with Crippen molar-refractivity contribution in [2.24, 2.45) is 11.1 Å². The summed E-state index contributed by atoms with van der Waals surface area (Å²) in [7, 11) is 0. The van der Waals surface area contributed by atoms with E-state index in [9.17, 15) is 0 Å². The molecular formula is C8H15N3O. The van der Waals surface area contributed by atoms with Crippen molar-refractivity contribution in [3.8, 4) is 0 Å². The molecule has 0 radical (unpaired) electrons. The fraction of sp³-hybridized carbons (Fsp3) is 0.750. The Hall–Kier alpha value is -0.900. The Morgan fingerprint density at radius 2 is 2.25 bits per heavy atom. The van der Waals surface area contributed by atoms with Crippen LogP contribution in [0.3, 0.4) is 0 Å². The Morgan fingerprint density at radius 3 is 2.67 bits per heavy atom. The summed E-state index contributed by atoms with van der Waals surface area (Å²) in [6.45, 7) is 6.40. The Kier molecular flexibility index (Phi) is 2.47. The second kappa shape index (κ2) is 3.23. The fourth-order valence-corrected chi connectivity index (χ4v) is 1.09. The first-order valence-corrected chi connectivity index (χ1v) is 4.01. The van der Waals surface area contributed by atoms with Gasteiger partial charge in [0.1, 0.15) is 0 Å². The quantitative estimate of drug-likeness (QED) is 0.728. The lowest BCUT2D eigenvalue weighted by atomic mass is 9.88. The van der Waals surface area contributed by atoms with Crippen molar-refractivity contribution in [3.05, 3.63) is 12.2 Å². The molecule has 1 rings (SSSR count). The summed E-state index contributed by atoms with van der Waals surface area (Å²) in [5.41, 5.74) is 6.04. The molecule has 4 heteroatoms. The molecule has 0 aliphatic rings. The van der Waals surface area contributed by atoms with Crippen molar-refractivity contribution in [2.45, 2.75) is 33.2 Å². The van der Waals surface area contributed by atoms with E-state index in [0.29, 0.717) is 5.82 Å². The molecule has 1 aromatic heterocycles. The lowest BCUT2D eigenvalue weighted by Gasteiger charge is -2.20. The topological polar surface area (TPSA) is 64.9 Å². The van der Waals surface area contributed by atoms with Crippen LogP contribution in [0.4, 0.5) is 0 Å². The standard InChI is InChI=1S/C8H15N3O/c1-8(2,3)4-6(9)7-10-5-12-11-7/h5-6H,4,9H2,1-3H3. The zero-order valence-corrected chi connectivity index (χ0v) is 7.74. The van der Waals surface area contributed by atoms with E-state index in [4.69, 9.17) is 5.73 Å². The number of aromatic nitrogens is 2. The van der Waals surface area contributed by atoms with Gasteiger partial charge in [-0.3, -0.25) is 0 Å². The molecule has 0 aromatic carbocycles. The maximum absolute atomic E-state index is 5.84. The molecule has 4 nitrogen and oxygen atoms in total. The van der Waals surface area contributed by atoms with Gasteiger partial charge in [-0.25, -0.2) is 0 Å². The smallest absolute Gasteiger partial charge is 0.213 e. The summed E-state index contributed by atoms with van der Waals surface area (Å²) in [6.07, 6.45) is 2.16. The molecule has 12 heavy (non-hydrogen) atoms. The van der Waals surface area contributed by atoms with Crippen molar-refractivity contribution in [1.29, 1.82) is 0 Å². The average molecular weight is 169 g/mol. The van der Waals surface area contributed by atoms with Gasteiger partial charge < -0.3 is 10.3 Å². The highest BCUT2D eigenvalue weighted by Crippen LogP contribution is 2.25. The summed E-state index contributed by atoms with van der Waals surface area (Å²) in [6, 6.07) is -0.122. The number of hydrogen-bond acceptors (Lipinski definition) is 4. The molecule has 2 N–H and O–H groups in total. The summed E-state index contributed by atoms with van der Waals surface area (Å²) < 4.78 is 4.61. The normalized spacial score (nSPS) is 14.7. The van der Waals surface area contributed by atoms with Crippen LogP contribution in [0.5, 0.6) is 0 Å². The molecular weight excluding hydrogens is 154 g/mol. The molecule has 1 heterocycles. The SMILES string of the molecule is CC(C)(C)CC(N)c1ncon1. The third-order valence-electron chi connectivity index (χ3n) is 1.54. The van der Waals surface area contributed by atoms with Crippen LogP contribution >= 0.6 is 0 Å². The molecule has 0 amide bonds. The van der Waals surface area contributed by atoms with E-state index in [1.807, 2.05) is 0 Å². The monoisotopic (exact) mass is 169 g/mol. The second-order valence-corrected chi connectivity index (χ2v) is 4.16. The van der Waals surface area contributed by atoms with Gasteiger partial charge in [0.05, 0.1) is 6.04 Å². The van der Waals surface area contributed by atoms with Crippen LogP contribution in [-0.2, 0) is 0 Å². The minimum absolute atomic E-state index is 0.122. The summed E-state index contributed by atoms with van der Waals surface area (Å²) in [5, 5.41) is 3.69. The van der Waals surface area contributed by atoms with E-state index in [1.165, 1.54) is 6.39 Å². The van der Waals surface area contributed by atoms with Crippen molar-refractivity contribution in [1.82, 2.24) is 10.1 Å². The molecule has 0 spiro atoms. The zero-order valence-electron chi connectivity index (χ0n) is 7.74. The van der Waals surface area contributed by atoms with E-state index in [-0.39, 0.29) is 11.5 Å². The van der Waals surface area contributed by atoms with Gasteiger partial charge in [0.2, 0.25) is 6.39 Å². The molecule has 0 bridgehead atoms. The fourth-order valence-electron chi connectivity index (χ4n) is 1.09. The predicted octanol–water partition coefficient (Wildman–Crippen LogP) is 1.51. The first kappa shape index (κ1) is 9.19. The third kappa shape index (κ3) is 2.62. The Labute approximate surface area is 72.1 Å². The highest BCUT2D eigenvalue weighted by Gasteiger charge is 2.19. The van der Waals surface area contributed by atoms with Crippen LogP contribution in [0.2, 0.25) is 0 Å². The molecule has 1 aromatic rings. The maximum atomic E-state index is 5.84. The maximum Gasteiger partial charge on any atom is 0.213 e. The van der Waals surface area contributed by atoms with E-state index in [0.717, 1.165) is 6.42 Å². The predicted molar refractivity (Wildman–Crippen MR) is 45.3 cm³/mol. The van der Waals surface area contributed by atoms with E-state index in [1.54, 1.807) is 0 Å². The number of hydrogen-bond donors (Lipinski definition) is 1. The molecule has 0 saturated heterocycles. The largest absolute Gasteiger partial charge is 0.343 e. The number of rotatable bonds is 2. The van der Waals surface area contributed by atoms with E-state index in [2.05, 4.69) is 35.4 Å². The highest BCUT2D eigenvalue weighted by molar-refractivity contribution is 4.89. The van der Waals surface area contributed by atoms with Crippen molar-refractivity contribution < 1.29 is 4.52 Å². The lowest BCUT2D eigenvalue weighted by Crippen LogP contribution is -2.19. The minimum atomic E-state index is -0.122. The average Bonchev–Trinajstić information content (AvgIpc) is 2.32. The molecule has 0 saturated carbocycles. The van der Waals surface area contributed by atoms with Crippen LogP contribution in [0.25, 0.3) is 0 Å². The molecule has 68 valence electrons. The first-order valence-electron chi connectivity index (χ1n) is 4.01. The van der Waals surface area contributed by atoms with E-state index >= 15 is 0 Å². The molecule has 1 atom stereocenters. The van der Waals surface area contributed by atoms with Crippen LogP contribution in [0.1, 0.15) is 39.1 Å². The molecule has 1 unspecified atom stereocenters. The second-order valence-electron chi connectivity index (χ2n) is 4.16. The van der Waals surface area contributed by atoms with Crippen molar-refractivity contribution in [2.75, 3.05) is 0 Å². The van der Waals surface area contributed by atoms with Crippen LogP contribution in [-0.4, -0.2) is 10.1 Å². The number of nitrogens with zero attached hydrogens (tertiary/aromatic N) is 2. The summed E-state index contributed by atoms with van der Waals surface area (Å²) in [5.74, 6) is 0.588. The zero-order chi connectivity index (χ0) is 9.19. The van der Waals surface area contributed by atoms with Gasteiger partial charge in [-0.1, -0.05) is 25.9 Å². The van der Waals surface area contributed by atoms with Gasteiger partial charge in [0, 0.05) is 0 Å². The van der Waals surface area contributed by atoms with Gasteiger partial charge in [-0.15, -0.1) is 0 Å². The van der Waals surface area contributed by atoms with Crippen molar-refractivity contribution >= 4 is 0 Å². The summed E-state index contributed by atoms with van der Waals surface area (Å²) in [4.78, 5) is 3.90. The Morgan fingerprint density at radius 1 is 1.58 bits per heavy atom.